The number of carbonyl (C=O) groups excluding carboxylic acids is 2. The molecular formula is C26H34ClN3O5. The number of rotatable bonds is 8. The fourth-order valence-corrected chi connectivity index (χ4v) is 4.18. The number of benzene rings is 2. The minimum absolute atomic E-state index is 0.0627. The smallest absolute Gasteiger partial charge is 0.410 e. The first-order valence-corrected chi connectivity index (χ1v) is 12.0. The molecule has 1 saturated heterocycles. The van der Waals surface area contributed by atoms with E-state index >= 15 is 0 Å². The Kier molecular flexibility index (Phi) is 9.23. The van der Waals surface area contributed by atoms with E-state index in [1.54, 1.807) is 23.0 Å². The van der Waals surface area contributed by atoms with Gasteiger partial charge in [-0.2, -0.15) is 0 Å². The van der Waals surface area contributed by atoms with Gasteiger partial charge in [0.15, 0.2) is 6.79 Å². The molecule has 0 saturated carbocycles. The predicted molar refractivity (Wildman–Crippen MR) is 136 cm³/mol. The molecule has 190 valence electrons. The van der Waals surface area contributed by atoms with Crippen LogP contribution in [0.15, 0.2) is 42.5 Å². The van der Waals surface area contributed by atoms with E-state index in [0.29, 0.717) is 42.6 Å². The maximum Gasteiger partial charge on any atom is 0.410 e. The molecule has 8 nitrogen and oxygen atoms in total. The molecule has 0 atom stereocenters. The van der Waals surface area contributed by atoms with E-state index in [2.05, 4.69) is 26.1 Å². The molecule has 1 N–H and O–H groups in total. The zero-order valence-electron chi connectivity index (χ0n) is 20.8. The lowest BCUT2D eigenvalue weighted by molar-refractivity contribution is -0.130. The van der Waals surface area contributed by atoms with Gasteiger partial charge in [-0.25, -0.2) is 4.79 Å². The zero-order valence-corrected chi connectivity index (χ0v) is 21.6. The van der Waals surface area contributed by atoms with Crippen LogP contribution in [0, 0.1) is 0 Å². The Morgan fingerprint density at radius 3 is 2.31 bits per heavy atom. The van der Waals surface area contributed by atoms with Crippen LogP contribution >= 0.6 is 11.6 Å². The average molecular weight is 504 g/mol. The standard InChI is InChI=1S/C26H34ClN3O5/c1-26(2,3)20-14-22(23(15-21(20)27)35-18-33-4)28-16-24(31)29-10-12-30(13-11-29)25(32)34-17-19-8-6-5-7-9-19/h5-9,14-15,28H,10-13,16-18H2,1-4H3. The fraction of sp³-hybridized carbons (Fsp3) is 0.462. The second-order valence-corrected chi connectivity index (χ2v) is 9.80. The number of halogens is 1. The predicted octanol–water partition coefficient (Wildman–Crippen LogP) is 4.51. The number of hydrogen-bond donors (Lipinski definition) is 1. The van der Waals surface area contributed by atoms with Crippen LogP contribution in [0.25, 0.3) is 0 Å². The Hall–Kier alpha value is -2.97. The van der Waals surface area contributed by atoms with Gasteiger partial charge in [0.1, 0.15) is 12.4 Å². The summed E-state index contributed by atoms with van der Waals surface area (Å²) in [5.74, 6) is 0.455. The maximum absolute atomic E-state index is 12.9. The van der Waals surface area contributed by atoms with Gasteiger partial charge in [0, 0.05) is 44.4 Å². The molecular weight excluding hydrogens is 470 g/mol. The van der Waals surface area contributed by atoms with Gasteiger partial charge in [0.2, 0.25) is 5.91 Å². The van der Waals surface area contributed by atoms with E-state index in [0.717, 1.165) is 11.1 Å². The van der Waals surface area contributed by atoms with Crippen molar-refractivity contribution in [2.45, 2.75) is 32.8 Å². The summed E-state index contributed by atoms with van der Waals surface area (Å²) >= 11 is 6.48. The van der Waals surface area contributed by atoms with Crippen LogP contribution in [-0.2, 0) is 26.3 Å². The molecule has 0 unspecified atom stereocenters. The summed E-state index contributed by atoms with van der Waals surface area (Å²) in [7, 11) is 1.54. The van der Waals surface area contributed by atoms with Gasteiger partial charge in [-0.1, -0.05) is 62.7 Å². The number of amides is 2. The summed E-state index contributed by atoms with van der Waals surface area (Å²) < 4.78 is 16.1. The van der Waals surface area contributed by atoms with E-state index in [1.165, 1.54) is 0 Å². The number of ether oxygens (including phenoxy) is 3. The normalized spacial score (nSPS) is 14.0. The Bertz CT molecular complexity index is 1000. The Morgan fingerprint density at radius 2 is 1.69 bits per heavy atom. The van der Waals surface area contributed by atoms with Gasteiger partial charge in [-0.3, -0.25) is 4.79 Å². The molecule has 1 heterocycles. The molecule has 1 aliphatic rings. The van der Waals surface area contributed by atoms with Gasteiger partial charge in [-0.15, -0.1) is 0 Å². The van der Waals surface area contributed by atoms with Crippen LogP contribution in [-0.4, -0.2) is 68.4 Å². The highest BCUT2D eigenvalue weighted by atomic mass is 35.5. The first-order valence-electron chi connectivity index (χ1n) is 11.6. The van der Waals surface area contributed by atoms with Gasteiger partial charge >= 0.3 is 6.09 Å². The third-order valence-electron chi connectivity index (χ3n) is 5.74. The second kappa shape index (κ2) is 12.1. The topological polar surface area (TPSA) is 80.3 Å². The summed E-state index contributed by atoms with van der Waals surface area (Å²) in [6, 6.07) is 13.2. The molecule has 2 aromatic rings. The SMILES string of the molecule is COCOc1cc(Cl)c(C(C)(C)C)cc1NCC(=O)N1CCN(C(=O)OCc2ccccc2)CC1. The number of piperazine rings is 1. The summed E-state index contributed by atoms with van der Waals surface area (Å²) in [6.07, 6.45) is -0.366. The molecule has 1 aliphatic heterocycles. The number of carbonyl (C=O) groups is 2. The zero-order chi connectivity index (χ0) is 25.4. The lowest BCUT2D eigenvalue weighted by Crippen LogP contribution is -2.51. The number of methoxy groups -OCH3 is 1. The molecule has 9 heteroatoms. The fourth-order valence-electron chi connectivity index (χ4n) is 3.74. The molecule has 0 aromatic heterocycles. The van der Waals surface area contributed by atoms with Crippen LogP contribution in [0.5, 0.6) is 5.75 Å². The highest BCUT2D eigenvalue weighted by molar-refractivity contribution is 6.31. The number of anilines is 1. The van der Waals surface area contributed by atoms with Crippen molar-refractivity contribution in [1.29, 1.82) is 0 Å². The van der Waals surface area contributed by atoms with E-state index < -0.39 is 0 Å². The Balaban J connectivity index is 1.54. The molecule has 2 amide bonds. The van der Waals surface area contributed by atoms with Crippen molar-refractivity contribution in [2.24, 2.45) is 0 Å². The van der Waals surface area contributed by atoms with E-state index in [9.17, 15) is 9.59 Å². The summed E-state index contributed by atoms with van der Waals surface area (Å²) in [4.78, 5) is 28.6. The first-order chi connectivity index (χ1) is 16.7. The van der Waals surface area contributed by atoms with Crippen molar-refractivity contribution >= 4 is 29.3 Å². The van der Waals surface area contributed by atoms with Gasteiger partial charge in [0.25, 0.3) is 0 Å². The average Bonchev–Trinajstić information content (AvgIpc) is 2.85. The lowest BCUT2D eigenvalue weighted by atomic mass is 9.86. The molecule has 0 spiro atoms. The summed E-state index contributed by atoms with van der Waals surface area (Å²) in [5.41, 5.74) is 2.38. The van der Waals surface area contributed by atoms with Crippen LogP contribution < -0.4 is 10.1 Å². The molecule has 0 radical (unpaired) electrons. The molecule has 2 aromatic carbocycles. The van der Waals surface area contributed by atoms with E-state index in [-0.39, 0.29) is 37.4 Å². The van der Waals surface area contributed by atoms with Crippen LogP contribution in [0.2, 0.25) is 5.02 Å². The van der Waals surface area contributed by atoms with Crippen LogP contribution in [0.1, 0.15) is 31.9 Å². The van der Waals surface area contributed by atoms with Gasteiger partial charge in [0.05, 0.1) is 12.2 Å². The number of nitrogens with one attached hydrogen (secondary N) is 1. The van der Waals surface area contributed by atoms with Crippen molar-refractivity contribution in [2.75, 3.05) is 51.9 Å². The van der Waals surface area contributed by atoms with Gasteiger partial charge in [-0.05, 0) is 22.6 Å². The summed E-state index contributed by atoms with van der Waals surface area (Å²) in [5, 5.41) is 3.79. The van der Waals surface area contributed by atoms with E-state index in [1.807, 2.05) is 36.4 Å². The monoisotopic (exact) mass is 503 g/mol. The van der Waals surface area contributed by atoms with E-state index in [4.69, 9.17) is 25.8 Å². The quantitative estimate of drug-likeness (QED) is 0.534. The molecule has 0 aliphatic carbocycles. The van der Waals surface area contributed by atoms with Crippen molar-refractivity contribution in [1.82, 2.24) is 9.80 Å². The minimum Gasteiger partial charge on any atom is -0.465 e. The van der Waals surface area contributed by atoms with Gasteiger partial charge < -0.3 is 29.3 Å². The second-order valence-electron chi connectivity index (χ2n) is 9.39. The highest BCUT2D eigenvalue weighted by Gasteiger charge is 2.26. The maximum atomic E-state index is 12.9. The Labute approximate surface area is 212 Å². The van der Waals surface area contributed by atoms with Crippen molar-refractivity contribution in [3.63, 3.8) is 0 Å². The minimum atomic E-state index is -0.366. The molecule has 35 heavy (non-hydrogen) atoms. The highest BCUT2D eigenvalue weighted by Crippen LogP contribution is 2.37. The number of nitrogens with zero attached hydrogens (tertiary/aromatic N) is 2. The Morgan fingerprint density at radius 1 is 1.03 bits per heavy atom. The van der Waals surface area contributed by atoms with Crippen LogP contribution in [0.3, 0.4) is 0 Å². The first kappa shape index (κ1) is 26.6. The largest absolute Gasteiger partial charge is 0.465 e. The van der Waals surface area contributed by atoms with Crippen molar-refractivity contribution < 1.29 is 23.8 Å². The van der Waals surface area contributed by atoms with Crippen molar-refractivity contribution in [3.8, 4) is 5.75 Å². The summed E-state index contributed by atoms with van der Waals surface area (Å²) in [6.45, 7) is 8.35. The third-order valence-corrected chi connectivity index (χ3v) is 6.05. The third kappa shape index (κ3) is 7.50. The lowest BCUT2D eigenvalue weighted by Gasteiger charge is -2.34. The van der Waals surface area contributed by atoms with Crippen molar-refractivity contribution in [3.05, 3.63) is 58.6 Å². The molecule has 0 bridgehead atoms. The number of hydrogen-bond acceptors (Lipinski definition) is 6. The van der Waals surface area contributed by atoms with Crippen LogP contribution in [0.4, 0.5) is 10.5 Å². The molecule has 1 fully saturated rings. The molecule has 3 rings (SSSR count).